The predicted octanol–water partition coefficient (Wildman–Crippen LogP) is 1.93. The molecule has 116 valence electrons. The average molecular weight is 294 g/mol. The highest BCUT2D eigenvalue weighted by Gasteiger charge is 2.00. The molecule has 0 unspecified atom stereocenters. The van der Waals surface area contributed by atoms with Crippen molar-refractivity contribution in [3.63, 3.8) is 0 Å². The molecule has 6 nitrogen and oxygen atoms in total. The lowest BCUT2D eigenvalue weighted by Crippen LogP contribution is -2.38. The Hall–Kier alpha value is -2.24. The fraction of sp³-hybridized carbons (Fsp3) is 0.467. The van der Waals surface area contributed by atoms with Crippen molar-refractivity contribution in [3.05, 3.63) is 29.8 Å². The summed E-state index contributed by atoms with van der Waals surface area (Å²) in [6, 6.07) is 7.45. The molecule has 2 amide bonds. The predicted molar refractivity (Wildman–Crippen MR) is 79.6 cm³/mol. The van der Waals surface area contributed by atoms with Gasteiger partial charge in [0.05, 0.1) is 6.54 Å². The summed E-state index contributed by atoms with van der Waals surface area (Å²) in [5.41, 5.74) is 1.12. The summed E-state index contributed by atoms with van der Waals surface area (Å²) in [6.07, 6.45) is 1.35. The van der Waals surface area contributed by atoms with Crippen LogP contribution in [0.15, 0.2) is 24.3 Å². The van der Waals surface area contributed by atoms with Crippen molar-refractivity contribution in [1.29, 1.82) is 0 Å². The van der Waals surface area contributed by atoms with Crippen LogP contribution in [0.5, 0.6) is 5.75 Å². The standard InChI is InChI=1S/C15H22N2O4/c1-12-5-4-6-13(11-12)21-10-9-17-15(20)16-8-3-2-7-14(18)19/h4-6,11H,2-3,7-10H2,1H3,(H,18,19)(H2,16,17,20). The maximum Gasteiger partial charge on any atom is 0.314 e. The molecule has 0 aliphatic carbocycles. The van der Waals surface area contributed by atoms with Crippen LogP contribution in [0.3, 0.4) is 0 Å². The first-order valence-electron chi connectivity index (χ1n) is 7.01. The number of unbranched alkanes of at least 4 members (excludes halogenated alkanes) is 1. The van der Waals surface area contributed by atoms with Gasteiger partial charge in [0.15, 0.2) is 0 Å². The first-order chi connectivity index (χ1) is 10.1. The van der Waals surface area contributed by atoms with E-state index in [9.17, 15) is 9.59 Å². The number of amides is 2. The normalized spacial score (nSPS) is 9.95. The zero-order chi connectivity index (χ0) is 15.5. The molecule has 1 rings (SSSR count). The molecule has 1 aromatic rings. The van der Waals surface area contributed by atoms with E-state index in [1.54, 1.807) is 0 Å². The van der Waals surface area contributed by atoms with Gasteiger partial charge in [-0.05, 0) is 37.5 Å². The number of benzene rings is 1. The minimum Gasteiger partial charge on any atom is -0.492 e. The summed E-state index contributed by atoms with van der Waals surface area (Å²) in [4.78, 5) is 21.7. The number of aliphatic carboxylic acids is 1. The van der Waals surface area contributed by atoms with Gasteiger partial charge in [0.2, 0.25) is 0 Å². The molecule has 0 aromatic heterocycles. The number of carboxylic acids is 1. The van der Waals surface area contributed by atoms with Crippen LogP contribution >= 0.6 is 0 Å². The zero-order valence-electron chi connectivity index (χ0n) is 12.2. The van der Waals surface area contributed by atoms with Crippen molar-refractivity contribution in [2.45, 2.75) is 26.2 Å². The highest BCUT2D eigenvalue weighted by molar-refractivity contribution is 5.73. The van der Waals surface area contributed by atoms with E-state index >= 15 is 0 Å². The van der Waals surface area contributed by atoms with Gasteiger partial charge in [-0.15, -0.1) is 0 Å². The Morgan fingerprint density at radius 1 is 1.19 bits per heavy atom. The molecule has 0 bridgehead atoms. The van der Waals surface area contributed by atoms with Crippen LogP contribution in [-0.2, 0) is 4.79 Å². The third-order valence-electron chi connectivity index (χ3n) is 2.75. The number of aryl methyl sites for hydroxylation is 1. The maximum absolute atomic E-state index is 11.4. The van der Waals surface area contributed by atoms with Crippen molar-refractivity contribution < 1.29 is 19.4 Å². The molecule has 0 aliphatic heterocycles. The molecule has 0 atom stereocenters. The number of hydrogen-bond acceptors (Lipinski definition) is 3. The molecular weight excluding hydrogens is 272 g/mol. The van der Waals surface area contributed by atoms with E-state index in [0.29, 0.717) is 32.5 Å². The van der Waals surface area contributed by atoms with Crippen LogP contribution in [0.2, 0.25) is 0 Å². The Morgan fingerprint density at radius 2 is 1.95 bits per heavy atom. The van der Waals surface area contributed by atoms with Gasteiger partial charge in [-0.1, -0.05) is 12.1 Å². The molecule has 1 aromatic carbocycles. The second-order valence-corrected chi connectivity index (χ2v) is 4.70. The number of hydrogen-bond donors (Lipinski definition) is 3. The molecule has 0 radical (unpaired) electrons. The van der Waals surface area contributed by atoms with Crippen LogP contribution in [0, 0.1) is 6.92 Å². The summed E-state index contributed by atoms with van der Waals surface area (Å²) >= 11 is 0. The molecule has 0 saturated heterocycles. The average Bonchev–Trinajstić information content (AvgIpc) is 2.43. The van der Waals surface area contributed by atoms with Crippen LogP contribution < -0.4 is 15.4 Å². The van der Waals surface area contributed by atoms with Crippen molar-refractivity contribution in [1.82, 2.24) is 10.6 Å². The molecule has 0 heterocycles. The maximum atomic E-state index is 11.4. The third kappa shape index (κ3) is 8.52. The lowest BCUT2D eigenvalue weighted by molar-refractivity contribution is -0.137. The Kier molecular flexibility index (Phi) is 7.71. The smallest absolute Gasteiger partial charge is 0.314 e. The third-order valence-corrected chi connectivity index (χ3v) is 2.75. The molecule has 0 saturated carbocycles. The number of rotatable bonds is 9. The zero-order valence-corrected chi connectivity index (χ0v) is 12.2. The first kappa shape index (κ1) is 16.8. The summed E-state index contributed by atoms with van der Waals surface area (Å²) in [5.74, 6) is -0.0290. The fourth-order valence-corrected chi connectivity index (χ4v) is 1.70. The van der Waals surface area contributed by atoms with Gasteiger partial charge in [0.1, 0.15) is 12.4 Å². The number of nitrogens with one attached hydrogen (secondary N) is 2. The van der Waals surface area contributed by atoms with Gasteiger partial charge >= 0.3 is 12.0 Å². The van der Waals surface area contributed by atoms with E-state index in [1.807, 2.05) is 31.2 Å². The topological polar surface area (TPSA) is 87.7 Å². The molecule has 21 heavy (non-hydrogen) atoms. The number of carbonyl (C=O) groups is 2. The van der Waals surface area contributed by atoms with Crippen LogP contribution in [-0.4, -0.2) is 36.8 Å². The van der Waals surface area contributed by atoms with Crippen molar-refractivity contribution >= 4 is 12.0 Å². The number of ether oxygens (including phenoxy) is 1. The highest BCUT2D eigenvalue weighted by Crippen LogP contribution is 2.11. The summed E-state index contributed by atoms with van der Waals surface area (Å²) in [6.45, 7) is 3.27. The Balaban J connectivity index is 2.02. The number of carboxylic acid groups (broad SMARTS) is 1. The van der Waals surface area contributed by atoms with Crippen molar-refractivity contribution in [2.75, 3.05) is 19.7 Å². The Labute approximate surface area is 124 Å². The van der Waals surface area contributed by atoms with Crippen LogP contribution in [0.25, 0.3) is 0 Å². The largest absolute Gasteiger partial charge is 0.492 e. The van der Waals surface area contributed by atoms with E-state index in [4.69, 9.17) is 9.84 Å². The lowest BCUT2D eigenvalue weighted by atomic mass is 10.2. The van der Waals surface area contributed by atoms with Gasteiger partial charge in [-0.2, -0.15) is 0 Å². The SMILES string of the molecule is Cc1cccc(OCCNC(=O)NCCCCC(=O)O)c1. The van der Waals surface area contributed by atoms with E-state index in [2.05, 4.69) is 10.6 Å². The van der Waals surface area contributed by atoms with Crippen LogP contribution in [0.1, 0.15) is 24.8 Å². The summed E-state index contributed by atoms with van der Waals surface area (Å²) in [7, 11) is 0. The van der Waals surface area contributed by atoms with E-state index < -0.39 is 5.97 Å². The minimum atomic E-state index is -0.812. The molecule has 0 fully saturated rings. The number of carbonyl (C=O) groups excluding carboxylic acids is 1. The summed E-state index contributed by atoms with van der Waals surface area (Å²) < 4.78 is 5.50. The monoisotopic (exact) mass is 294 g/mol. The highest BCUT2D eigenvalue weighted by atomic mass is 16.5. The molecule has 6 heteroatoms. The Morgan fingerprint density at radius 3 is 2.67 bits per heavy atom. The minimum absolute atomic E-state index is 0.133. The Bertz CT molecular complexity index is 463. The molecule has 0 aliphatic rings. The lowest BCUT2D eigenvalue weighted by Gasteiger charge is -2.09. The second kappa shape index (κ2) is 9.63. The van der Waals surface area contributed by atoms with Crippen molar-refractivity contribution in [2.24, 2.45) is 0 Å². The fourth-order valence-electron chi connectivity index (χ4n) is 1.70. The second-order valence-electron chi connectivity index (χ2n) is 4.70. The van der Waals surface area contributed by atoms with Gasteiger partial charge in [-0.3, -0.25) is 4.79 Å². The van der Waals surface area contributed by atoms with Gasteiger partial charge in [0, 0.05) is 13.0 Å². The van der Waals surface area contributed by atoms with E-state index in [1.165, 1.54) is 0 Å². The molecule has 0 spiro atoms. The van der Waals surface area contributed by atoms with Crippen LogP contribution in [0.4, 0.5) is 4.79 Å². The van der Waals surface area contributed by atoms with Gasteiger partial charge in [-0.25, -0.2) is 4.79 Å². The first-order valence-corrected chi connectivity index (χ1v) is 7.01. The molecular formula is C15H22N2O4. The van der Waals surface area contributed by atoms with Crippen molar-refractivity contribution in [3.8, 4) is 5.75 Å². The molecule has 3 N–H and O–H groups in total. The quantitative estimate of drug-likeness (QED) is 0.607. The van der Waals surface area contributed by atoms with E-state index in [-0.39, 0.29) is 12.5 Å². The van der Waals surface area contributed by atoms with Gasteiger partial charge < -0.3 is 20.5 Å². The van der Waals surface area contributed by atoms with E-state index in [0.717, 1.165) is 11.3 Å². The summed E-state index contributed by atoms with van der Waals surface area (Å²) in [5, 5.41) is 13.8. The number of urea groups is 1. The van der Waals surface area contributed by atoms with Gasteiger partial charge in [0.25, 0.3) is 0 Å².